The van der Waals surface area contributed by atoms with Crippen LogP contribution in [0.25, 0.3) is 0 Å². The topological polar surface area (TPSA) is 58.1 Å². The number of piperidine rings is 1. The van der Waals surface area contributed by atoms with Crippen LogP contribution in [-0.2, 0) is 4.79 Å². The maximum absolute atomic E-state index is 12.5. The first-order valence-corrected chi connectivity index (χ1v) is 10.5. The molecule has 1 aliphatic heterocycles. The highest BCUT2D eigenvalue weighted by molar-refractivity contribution is 8.00. The lowest BCUT2D eigenvalue weighted by molar-refractivity contribution is -0.113. The Hall–Kier alpha value is -2.08. The maximum Gasteiger partial charge on any atom is 0.234 e. The Balaban J connectivity index is 1.66. The van der Waals surface area contributed by atoms with Crippen LogP contribution in [-0.4, -0.2) is 34.7 Å². The number of aromatic nitrogens is 2. The second-order valence-electron chi connectivity index (χ2n) is 7.49. The molecule has 1 unspecified atom stereocenters. The summed E-state index contributed by atoms with van der Waals surface area (Å²) >= 11 is 1.46. The van der Waals surface area contributed by atoms with E-state index in [9.17, 15) is 4.79 Å². The molecule has 2 heterocycles. The molecule has 5 nitrogen and oxygen atoms in total. The monoisotopic (exact) mass is 384 g/mol. The summed E-state index contributed by atoms with van der Waals surface area (Å²) in [5, 5.41) is 3.89. The van der Waals surface area contributed by atoms with Gasteiger partial charge in [0.15, 0.2) is 5.82 Å². The van der Waals surface area contributed by atoms with Crippen molar-refractivity contribution in [2.45, 2.75) is 45.6 Å². The SMILES string of the molecule is Cc1cc(C)c(NC(=O)CSc2nccnc2N2CCCC(C)C2)c(C)c1. The van der Waals surface area contributed by atoms with Gasteiger partial charge in [0, 0.05) is 31.2 Å². The molecule has 6 heteroatoms. The van der Waals surface area contributed by atoms with Crippen molar-refractivity contribution < 1.29 is 4.79 Å². The van der Waals surface area contributed by atoms with Crippen LogP contribution in [0.5, 0.6) is 0 Å². The van der Waals surface area contributed by atoms with E-state index in [1.165, 1.54) is 30.2 Å². The van der Waals surface area contributed by atoms with Gasteiger partial charge in [0.05, 0.1) is 5.75 Å². The number of rotatable bonds is 5. The molecule has 0 saturated carbocycles. The number of nitrogens with zero attached hydrogens (tertiary/aromatic N) is 3. The third kappa shape index (κ3) is 5.01. The molecule has 1 aromatic carbocycles. The van der Waals surface area contributed by atoms with E-state index in [1.807, 2.05) is 13.8 Å². The number of carbonyl (C=O) groups excluding carboxylic acids is 1. The Labute approximate surface area is 166 Å². The number of amides is 1. The van der Waals surface area contributed by atoms with E-state index in [1.54, 1.807) is 12.4 Å². The van der Waals surface area contributed by atoms with Gasteiger partial charge in [0.25, 0.3) is 0 Å². The summed E-state index contributed by atoms with van der Waals surface area (Å²) in [5.41, 5.74) is 4.30. The maximum atomic E-state index is 12.5. The quantitative estimate of drug-likeness (QED) is 0.776. The molecular weight excluding hydrogens is 356 g/mol. The first-order chi connectivity index (χ1) is 12.9. The van der Waals surface area contributed by atoms with Gasteiger partial charge in [-0.1, -0.05) is 36.4 Å². The van der Waals surface area contributed by atoms with Gasteiger partial charge >= 0.3 is 0 Å². The van der Waals surface area contributed by atoms with Crippen molar-refractivity contribution in [3.05, 3.63) is 41.2 Å². The first-order valence-electron chi connectivity index (χ1n) is 9.50. The molecule has 2 aromatic rings. The van der Waals surface area contributed by atoms with Crippen molar-refractivity contribution >= 4 is 29.2 Å². The van der Waals surface area contributed by atoms with Crippen molar-refractivity contribution in [2.75, 3.05) is 29.1 Å². The van der Waals surface area contributed by atoms with E-state index in [2.05, 4.69) is 46.2 Å². The van der Waals surface area contributed by atoms with Gasteiger partial charge in [-0.2, -0.15) is 0 Å². The van der Waals surface area contributed by atoms with Gasteiger partial charge in [-0.15, -0.1) is 0 Å². The Kier molecular flexibility index (Phi) is 6.37. The lowest BCUT2D eigenvalue weighted by atomic mass is 10.0. The summed E-state index contributed by atoms with van der Waals surface area (Å²) in [5.74, 6) is 1.87. The lowest BCUT2D eigenvalue weighted by Crippen LogP contribution is -2.35. The highest BCUT2D eigenvalue weighted by Crippen LogP contribution is 2.29. The molecule has 1 amide bonds. The van der Waals surface area contributed by atoms with Crippen LogP contribution >= 0.6 is 11.8 Å². The van der Waals surface area contributed by atoms with Crippen LogP contribution in [0.1, 0.15) is 36.5 Å². The minimum Gasteiger partial charge on any atom is -0.354 e. The Morgan fingerprint density at radius 2 is 1.93 bits per heavy atom. The first kappa shape index (κ1) is 19.7. The molecule has 1 atom stereocenters. The minimum absolute atomic E-state index is 0.0151. The Morgan fingerprint density at radius 1 is 1.22 bits per heavy atom. The second-order valence-corrected chi connectivity index (χ2v) is 8.45. The van der Waals surface area contributed by atoms with E-state index in [-0.39, 0.29) is 5.91 Å². The number of benzene rings is 1. The van der Waals surface area contributed by atoms with Gasteiger partial charge in [0.1, 0.15) is 5.03 Å². The molecule has 0 aliphatic carbocycles. The summed E-state index contributed by atoms with van der Waals surface area (Å²) in [7, 11) is 0. The predicted octanol–water partition coefficient (Wildman–Crippen LogP) is 4.37. The molecule has 1 saturated heterocycles. The number of anilines is 2. The number of nitrogens with one attached hydrogen (secondary N) is 1. The third-order valence-corrected chi connectivity index (χ3v) is 5.85. The largest absolute Gasteiger partial charge is 0.354 e. The van der Waals surface area contributed by atoms with Gasteiger partial charge < -0.3 is 10.2 Å². The number of hydrogen-bond donors (Lipinski definition) is 1. The second kappa shape index (κ2) is 8.74. The van der Waals surface area contributed by atoms with Crippen molar-refractivity contribution in [2.24, 2.45) is 5.92 Å². The average molecular weight is 385 g/mol. The predicted molar refractivity (Wildman–Crippen MR) is 113 cm³/mol. The van der Waals surface area contributed by atoms with E-state index in [4.69, 9.17) is 0 Å². The number of carbonyl (C=O) groups is 1. The summed E-state index contributed by atoms with van der Waals surface area (Å²) in [4.78, 5) is 23.9. The van der Waals surface area contributed by atoms with Crippen molar-refractivity contribution in [3.63, 3.8) is 0 Å². The zero-order valence-corrected chi connectivity index (χ0v) is 17.4. The molecule has 0 radical (unpaired) electrons. The minimum atomic E-state index is -0.0151. The standard InChI is InChI=1S/C21H28N4OS/c1-14-6-5-9-25(12-14)20-21(23-8-7-22-20)27-13-18(26)24-19-16(3)10-15(2)11-17(19)4/h7-8,10-11,14H,5-6,9,12-13H2,1-4H3,(H,24,26). The van der Waals surface area contributed by atoms with Crippen LogP contribution in [0.2, 0.25) is 0 Å². The summed E-state index contributed by atoms with van der Waals surface area (Å²) in [6.07, 6.45) is 5.87. The zero-order chi connectivity index (χ0) is 19.4. The summed E-state index contributed by atoms with van der Waals surface area (Å²) < 4.78 is 0. The Bertz CT molecular complexity index is 801. The number of aryl methyl sites for hydroxylation is 3. The fourth-order valence-corrected chi connectivity index (χ4v) is 4.49. The fraction of sp³-hybridized carbons (Fsp3) is 0.476. The molecule has 0 bridgehead atoms. The van der Waals surface area contributed by atoms with Crippen LogP contribution in [0, 0.1) is 26.7 Å². The Morgan fingerprint density at radius 3 is 2.63 bits per heavy atom. The highest BCUT2D eigenvalue weighted by Gasteiger charge is 2.21. The molecular formula is C21H28N4OS. The van der Waals surface area contributed by atoms with Crippen molar-refractivity contribution in [1.29, 1.82) is 0 Å². The van der Waals surface area contributed by atoms with Gasteiger partial charge in [0.2, 0.25) is 5.91 Å². The average Bonchev–Trinajstić information content (AvgIpc) is 2.63. The zero-order valence-electron chi connectivity index (χ0n) is 16.6. The van der Waals surface area contributed by atoms with Crippen LogP contribution < -0.4 is 10.2 Å². The van der Waals surface area contributed by atoms with E-state index in [0.29, 0.717) is 11.7 Å². The van der Waals surface area contributed by atoms with E-state index in [0.717, 1.165) is 40.7 Å². The van der Waals surface area contributed by atoms with Crippen LogP contribution in [0.3, 0.4) is 0 Å². The fourth-order valence-electron chi connectivity index (χ4n) is 3.71. The van der Waals surface area contributed by atoms with Crippen LogP contribution in [0.4, 0.5) is 11.5 Å². The van der Waals surface area contributed by atoms with Gasteiger partial charge in [-0.25, -0.2) is 9.97 Å². The molecule has 1 N–H and O–H groups in total. The molecule has 0 spiro atoms. The molecule has 3 rings (SSSR count). The summed E-state index contributed by atoms with van der Waals surface area (Å²) in [6.45, 7) is 10.4. The van der Waals surface area contributed by atoms with Gasteiger partial charge in [-0.05, 0) is 50.7 Å². The van der Waals surface area contributed by atoms with Crippen molar-refractivity contribution in [1.82, 2.24) is 9.97 Å². The molecule has 27 heavy (non-hydrogen) atoms. The third-order valence-electron chi connectivity index (χ3n) is 4.88. The van der Waals surface area contributed by atoms with E-state index >= 15 is 0 Å². The smallest absolute Gasteiger partial charge is 0.234 e. The molecule has 1 aromatic heterocycles. The van der Waals surface area contributed by atoms with E-state index < -0.39 is 0 Å². The number of thioether (sulfide) groups is 1. The number of hydrogen-bond acceptors (Lipinski definition) is 5. The molecule has 144 valence electrons. The highest BCUT2D eigenvalue weighted by atomic mass is 32.2. The normalized spacial score (nSPS) is 17.0. The molecule has 1 fully saturated rings. The van der Waals surface area contributed by atoms with Crippen LogP contribution in [0.15, 0.2) is 29.6 Å². The molecule has 1 aliphatic rings. The summed E-state index contributed by atoms with van der Waals surface area (Å²) in [6, 6.07) is 4.18. The van der Waals surface area contributed by atoms with Crippen molar-refractivity contribution in [3.8, 4) is 0 Å². The lowest BCUT2D eigenvalue weighted by Gasteiger charge is -2.32. The van der Waals surface area contributed by atoms with Gasteiger partial charge in [-0.3, -0.25) is 4.79 Å².